The van der Waals surface area contributed by atoms with Crippen LogP contribution in [0, 0.1) is 0 Å². The number of para-hydroxylation sites is 1. The number of aliphatic hydroxyl groups excluding tert-OH is 1. The summed E-state index contributed by atoms with van der Waals surface area (Å²) in [5, 5.41) is 17.6. The van der Waals surface area contributed by atoms with E-state index in [1.807, 2.05) is 36.4 Å². The summed E-state index contributed by atoms with van der Waals surface area (Å²) in [7, 11) is -2.61. The van der Waals surface area contributed by atoms with Crippen LogP contribution in [0.15, 0.2) is 83.8 Å². The summed E-state index contributed by atoms with van der Waals surface area (Å²) in [4.78, 5) is 28.8. The number of sulfonamides is 1. The summed E-state index contributed by atoms with van der Waals surface area (Å²) in [6.45, 7) is 3.64. The van der Waals surface area contributed by atoms with E-state index < -0.39 is 40.1 Å². The molecule has 4 aromatic carbocycles. The molecule has 0 fully saturated rings. The highest BCUT2D eigenvalue weighted by molar-refractivity contribution is 7.89. The van der Waals surface area contributed by atoms with Crippen molar-refractivity contribution in [2.45, 2.75) is 36.9 Å². The predicted octanol–water partition coefficient (Wildman–Crippen LogP) is 4.55. The number of benzene rings is 4. The average Bonchev–Trinajstić information content (AvgIpc) is 3.18. The number of hydrogen-bond acceptors (Lipinski definition) is 8. The molecule has 0 aromatic heterocycles. The quantitative estimate of drug-likeness (QED) is 0.250. The lowest BCUT2D eigenvalue weighted by Gasteiger charge is -2.36. The molecule has 2 aliphatic rings. The maximum absolute atomic E-state index is 14.0. The van der Waals surface area contributed by atoms with E-state index in [0.29, 0.717) is 30.4 Å². The monoisotopic (exact) mass is 660 g/mol. The van der Waals surface area contributed by atoms with Crippen LogP contribution in [0.2, 0.25) is 0 Å². The van der Waals surface area contributed by atoms with Gasteiger partial charge in [-0.25, -0.2) is 13.2 Å². The van der Waals surface area contributed by atoms with E-state index in [-0.39, 0.29) is 35.0 Å². The Morgan fingerprint density at radius 3 is 2.45 bits per heavy atom. The topological polar surface area (TPSA) is 147 Å². The highest BCUT2D eigenvalue weighted by Crippen LogP contribution is 2.37. The van der Waals surface area contributed by atoms with Crippen molar-refractivity contribution in [3.8, 4) is 17.2 Å². The van der Waals surface area contributed by atoms with Crippen molar-refractivity contribution in [2.24, 2.45) is 0 Å². The minimum Gasteiger partial charge on any atom is -0.486 e. The molecule has 0 bridgehead atoms. The van der Waals surface area contributed by atoms with E-state index in [9.17, 15) is 23.1 Å². The number of aliphatic hydroxyl groups is 1. The molecular formula is C34H36N4O8S. The summed E-state index contributed by atoms with van der Waals surface area (Å²) in [5.74, 6) is 0.476. The van der Waals surface area contributed by atoms with Crippen molar-refractivity contribution in [3.63, 3.8) is 0 Å². The van der Waals surface area contributed by atoms with Gasteiger partial charge in [0.25, 0.3) is 5.91 Å². The van der Waals surface area contributed by atoms with Crippen LogP contribution in [0.25, 0.3) is 10.8 Å². The van der Waals surface area contributed by atoms with Crippen molar-refractivity contribution in [1.82, 2.24) is 9.21 Å². The van der Waals surface area contributed by atoms with Crippen LogP contribution in [-0.4, -0.2) is 86.3 Å². The van der Waals surface area contributed by atoms with Crippen molar-refractivity contribution in [1.29, 1.82) is 0 Å². The summed E-state index contributed by atoms with van der Waals surface area (Å²) in [5.41, 5.74) is 0.988. The van der Waals surface area contributed by atoms with E-state index in [0.717, 1.165) is 15.1 Å². The minimum atomic E-state index is -4.04. The van der Waals surface area contributed by atoms with Gasteiger partial charge in [-0.15, -0.1) is 0 Å². The van der Waals surface area contributed by atoms with Crippen LogP contribution in [0.1, 0.15) is 24.2 Å². The summed E-state index contributed by atoms with van der Waals surface area (Å²) >= 11 is 0. The van der Waals surface area contributed by atoms with Gasteiger partial charge in [0.2, 0.25) is 10.0 Å². The van der Waals surface area contributed by atoms with E-state index in [4.69, 9.17) is 14.2 Å². The maximum Gasteiger partial charge on any atom is 0.323 e. The number of ether oxygens (including phenoxy) is 3. The standard InChI is InChI=1S/C34H36N4O8S/c1-21(20-39)38-22(2)31(19-37(3)47(42,43)24-14-15-29-30(18-24)45-17-16-44-29)46-32-26(33(38)40)11-7-13-28(32)36-34(41)35-27-12-6-9-23-8-4-5-10-25(23)27/h4-15,18,21-22,31,39H,16-17,19-20H2,1-3H3,(H2,35,36,41)/t21?,22-,31?/m0/s1. The van der Waals surface area contributed by atoms with Crippen molar-refractivity contribution >= 4 is 44.1 Å². The van der Waals surface area contributed by atoms with Crippen LogP contribution in [0.5, 0.6) is 17.2 Å². The first-order valence-corrected chi connectivity index (χ1v) is 16.7. The zero-order valence-corrected chi connectivity index (χ0v) is 27.0. The van der Waals surface area contributed by atoms with E-state index in [2.05, 4.69) is 10.6 Å². The number of carbonyl (C=O) groups excluding carboxylic acids is 2. The van der Waals surface area contributed by atoms with Gasteiger partial charge in [-0.05, 0) is 49.6 Å². The van der Waals surface area contributed by atoms with Gasteiger partial charge in [-0.1, -0.05) is 42.5 Å². The molecule has 2 heterocycles. The molecule has 0 aliphatic carbocycles. The number of carbonyl (C=O) groups is 2. The Hall–Kier alpha value is -4.85. The smallest absolute Gasteiger partial charge is 0.323 e. The molecule has 3 atom stereocenters. The number of nitrogens with zero attached hydrogens (tertiary/aromatic N) is 2. The Bertz CT molecular complexity index is 1930. The fraction of sp³-hybridized carbons (Fsp3) is 0.294. The first-order valence-electron chi connectivity index (χ1n) is 15.2. The van der Waals surface area contributed by atoms with Gasteiger partial charge in [0.15, 0.2) is 17.2 Å². The zero-order chi connectivity index (χ0) is 33.3. The van der Waals surface area contributed by atoms with Gasteiger partial charge in [-0.2, -0.15) is 4.31 Å². The van der Waals surface area contributed by atoms with Gasteiger partial charge in [0.05, 0.1) is 47.1 Å². The van der Waals surface area contributed by atoms with E-state index in [1.165, 1.54) is 24.1 Å². The van der Waals surface area contributed by atoms with Gasteiger partial charge in [-0.3, -0.25) is 4.79 Å². The molecule has 4 aromatic rings. The van der Waals surface area contributed by atoms with Crippen LogP contribution in [0.4, 0.5) is 16.2 Å². The second kappa shape index (κ2) is 13.1. The highest BCUT2D eigenvalue weighted by atomic mass is 32.2. The van der Waals surface area contributed by atoms with Crippen LogP contribution in [-0.2, 0) is 10.0 Å². The van der Waals surface area contributed by atoms with Crippen molar-refractivity contribution in [3.05, 3.63) is 84.4 Å². The lowest BCUT2D eigenvalue weighted by Crippen LogP contribution is -2.54. The highest BCUT2D eigenvalue weighted by Gasteiger charge is 2.40. The Labute approximate surface area is 272 Å². The number of anilines is 2. The first-order chi connectivity index (χ1) is 22.6. The molecule has 47 heavy (non-hydrogen) atoms. The molecule has 246 valence electrons. The molecule has 0 saturated heterocycles. The number of rotatable bonds is 8. The van der Waals surface area contributed by atoms with Gasteiger partial charge < -0.3 is 34.9 Å². The van der Waals surface area contributed by atoms with Crippen LogP contribution < -0.4 is 24.8 Å². The molecular weight excluding hydrogens is 624 g/mol. The molecule has 0 spiro atoms. The van der Waals surface area contributed by atoms with Crippen LogP contribution in [0.3, 0.4) is 0 Å². The third kappa shape index (κ3) is 6.29. The molecule has 3 amide bonds. The molecule has 12 nitrogen and oxygen atoms in total. The van der Waals surface area contributed by atoms with Gasteiger partial charge >= 0.3 is 6.03 Å². The maximum atomic E-state index is 14.0. The number of likely N-dealkylation sites (N-methyl/N-ethyl adjacent to an activating group) is 1. The number of fused-ring (bicyclic) bond motifs is 3. The first kappa shape index (κ1) is 32.1. The summed E-state index contributed by atoms with van der Waals surface area (Å²) < 4.78 is 46.2. The van der Waals surface area contributed by atoms with Crippen molar-refractivity contribution < 1.29 is 37.3 Å². The van der Waals surface area contributed by atoms with Crippen LogP contribution >= 0.6 is 0 Å². The molecule has 2 aliphatic heterocycles. The second-order valence-corrected chi connectivity index (χ2v) is 13.6. The SMILES string of the molecule is CC(CO)N1C(=O)c2cccc(NC(=O)Nc3cccc4ccccc34)c2OC(CN(C)S(=O)(=O)c2ccc3c(c2)OCCO3)[C@@H]1C. The molecule has 13 heteroatoms. The lowest BCUT2D eigenvalue weighted by molar-refractivity contribution is 0.0301. The van der Waals surface area contributed by atoms with E-state index >= 15 is 0 Å². The van der Waals surface area contributed by atoms with Gasteiger partial charge in [0, 0.05) is 18.5 Å². The fourth-order valence-electron chi connectivity index (χ4n) is 5.89. The molecule has 2 unspecified atom stereocenters. The molecule has 3 N–H and O–H groups in total. The fourth-order valence-corrected chi connectivity index (χ4v) is 7.09. The minimum absolute atomic E-state index is 0.00930. The summed E-state index contributed by atoms with van der Waals surface area (Å²) in [6, 6.07) is 20.6. The average molecular weight is 661 g/mol. The second-order valence-electron chi connectivity index (χ2n) is 11.5. The zero-order valence-electron chi connectivity index (χ0n) is 26.2. The number of amides is 3. The van der Waals surface area contributed by atoms with E-state index in [1.54, 1.807) is 44.2 Å². The van der Waals surface area contributed by atoms with Gasteiger partial charge in [0.1, 0.15) is 19.3 Å². The molecule has 0 radical (unpaired) electrons. The third-order valence-electron chi connectivity index (χ3n) is 8.41. The number of nitrogens with one attached hydrogen (secondary N) is 2. The number of hydrogen-bond donors (Lipinski definition) is 3. The van der Waals surface area contributed by atoms with Crippen molar-refractivity contribution in [2.75, 3.05) is 44.0 Å². The Morgan fingerprint density at radius 1 is 0.979 bits per heavy atom. The third-order valence-corrected chi connectivity index (χ3v) is 10.2. The Balaban J connectivity index is 1.30. The Morgan fingerprint density at radius 2 is 1.66 bits per heavy atom. The lowest BCUT2D eigenvalue weighted by atomic mass is 10.1. The predicted molar refractivity (Wildman–Crippen MR) is 177 cm³/mol. The number of urea groups is 1. The summed E-state index contributed by atoms with van der Waals surface area (Å²) in [6.07, 6.45) is -0.893. The largest absolute Gasteiger partial charge is 0.486 e. The molecule has 6 rings (SSSR count). The Kier molecular flexibility index (Phi) is 8.95. The molecule has 0 saturated carbocycles. The normalized spacial score (nSPS) is 18.2.